The molecule has 0 aliphatic carbocycles. The lowest BCUT2D eigenvalue weighted by Gasteiger charge is -2.39. The van der Waals surface area contributed by atoms with Crippen LogP contribution in [0.15, 0.2) is 93.5 Å². The highest BCUT2D eigenvalue weighted by Crippen LogP contribution is 2.70. The average Bonchev–Trinajstić information content (AvgIpc) is 2.77. The normalized spacial score (nSPS) is 12.9. The molecule has 0 aliphatic rings. The summed E-state index contributed by atoms with van der Waals surface area (Å²) in [7, 11) is -6.41. The zero-order valence-corrected chi connectivity index (χ0v) is 18.1. The molecule has 0 radical (unpaired) electrons. The number of alkyl halides is 3. The maximum Gasteiger partial charge on any atom is 0.524 e. The standard InChI is InChI=1S/C21H19F3O5S2/c1-27-16-8-12-19(13-9-16)30(18-6-4-3-5-7-18,29-31(25,26)21(22,23)24)20-14-10-17(28-2)11-15-20/h3-15H,1-2H3. The fourth-order valence-corrected chi connectivity index (χ4v) is 7.57. The Morgan fingerprint density at radius 3 is 1.39 bits per heavy atom. The van der Waals surface area contributed by atoms with Crippen LogP contribution in [0.25, 0.3) is 0 Å². The molecule has 31 heavy (non-hydrogen) atoms. The van der Waals surface area contributed by atoms with E-state index in [2.05, 4.69) is 0 Å². The predicted octanol–water partition coefficient (Wildman–Crippen LogP) is 5.77. The molecule has 0 amide bonds. The van der Waals surface area contributed by atoms with Gasteiger partial charge in [0.2, 0.25) is 0 Å². The minimum Gasteiger partial charge on any atom is -0.497 e. The lowest BCUT2D eigenvalue weighted by atomic mass is 10.3. The molecule has 0 saturated heterocycles. The van der Waals surface area contributed by atoms with Crippen molar-refractivity contribution in [3.8, 4) is 11.5 Å². The van der Waals surface area contributed by atoms with Crippen LogP contribution in [0, 0.1) is 0 Å². The molecule has 3 rings (SSSR count). The zero-order valence-electron chi connectivity index (χ0n) is 16.5. The second kappa shape index (κ2) is 8.81. The SMILES string of the molecule is COc1ccc(S(OS(=O)(=O)C(F)(F)F)(c2ccccc2)c2ccc(OC)cc2)cc1. The van der Waals surface area contributed by atoms with Gasteiger partial charge in [-0.25, -0.2) is 0 Å². The summed E-state index contributed by atoms with van der Waals surface area (Å²) < 4.78 is 80.2. The molecule has 166 valence electrons. The van der Waals surface area contributed by atoms with Gasteiger partial charge in [0, 0.05) is 14.7 Å². The summed E-state index contributed by atoms with van der Waals surface area (Å²) in [4.78, 5) is 0.771. The Labute approximate surface area is 180 Å². The quantitative estimate of drug-likeness (QED) is 0.409. The number of methoxy groups -OCH3 is 2. The second-order valence-electron chi connectivity index (χ2n) is 6.19. The first-order chi connectivity index (χ1) is 14.6. The molecule has 3 aromatic rings. The first-order valence-corrected chi connectivity index (χ1v) is 11.8. The van der Waals surface area contributed by atoms with Gasteiger partial charge in [-0.2, -0.15) is 25.2 Å². The fourth-order valence-electron chi connectivity index (χ4n) is 2.85. The molecule has 0 aromatic heterocycles. The molecule has 5 nitrogen and oxygen atoms in total. The van der Waals surface area contributed by atoms with Crippen LogP contribution in [-0.2, 0) is 13.7 Å². The van der Waals surface area contributed by atoms with E-state index in [0.717, 1.165) is 0 Å². The van der Waals surface area contributed by atoms with Gasteiger partial charge in [-0.05, 0) is 71.0 Å². The number of ether oxygens (including phenoxy) is 2. The molecule has 0 heterocycles. The Bertz CT molecular complexity index is 1070. The van der Waals surface area contributed by atoms with Crippen molar-refractivity contribution in [2.45, 2.75) is 20.2 Å². The molecular weight excluding hydrogens is 453 g/mol. The average molecular weight is 473 g/mol. The van der Waals surface area contributed by atoms with Crippen LogP contribution in [0.4, 0.5) is 13.2 Å². The number of hydrogen-bond acceptors (Lipinski definition) is 5. The molecule has 0 spiro atoms. The van der Waals surface area contributed by atoms with E-state index in [-0.39, 0.29) is 14.7 Å². The van der Waals surface area contributed by atoms with E-state index in [1.807, 2.05) is 0 Å². The van der Waals surface area contributed by atoms with Crippen molar-refractivity contribution >= 4 is 20.4 Å². The van der Waals surface area contributed by atoms with Gasteiger partial charge in [0.25, 0.3) is 0 Å². The first kappa shape index (κ1) is 23.0. The summed E-state index contributed by atoms with van der Waals surface area (Å²) in [5.41, 5.74) is -5.60. The molecule has 10 heteroatoms. The Kier molecular flexibility index (Phi) is 6.54. The van der Waals surface area contributed by atoms with E-state index in [9.17, 15) is 21.6 Å². The van der Waals surface area contributed by atoms with E-state index in [0.29, 0.717) is 11.5 Å². The van der Waals surface area contributed by atoms with Crippen molar-refractivity contribution in [1.82, 2.24) is 0 Å². The molecule has 3 aromatic carbocycles. The van der Waals surface area contributed by atoms with Crippen LogP contribution < -0.4 is 9.47 Å². The predicted molar refractivity (Wildman–Crippen MR) is 111 cm³/mol. The smallest absolute Gasteiger partial charge is 0.497 e. The van der Waals surface area contributed by atoms with Gasteiger partial charge in [-0.15, -0.1) is 0 Å². The number of rotatable bonds is 7. The van der Waals surface area contributed by atoms with E-state index in [4.69, 9.17) is 13.1 Å². The second-order valence-corrected chi connectivity index (χ2v) is 10.6. The lowest BCUT2D eigenvalue weighted by molar-refractivity contribution is -0.0496. The monoisotopic (exact) mass is 472 g/mol. The largest absolute Gasteiger partial charge is 0.524 e. The van der Waals surface area contributed by atoms with Gasteiger partial charge in [-0.3, -0.25) is 0 Å². The topological polar surface area (TPSA) is 61.8 Å². The highest BCUT2D eigenvalue weighted by Gasteiger charge is 2.52. The minimum absolute atomic E-state index is 0.248. The van der Waals surface area contributed by atoms with Crippen molar-refractivity contribution in [2.24, 2.45) is 0 Å². The van der Waals surface area contributed by atoms with Crippen LogP contribution in [0.3, 0.4) is 0 Å². The summed E-state index contributed by atoms with van der Waals surface area (Å²) in [6.07, 6.45) is 0. The van der Waals surface area contributed by atoms with Crippen molar-refractivity contribution in [1.29, 1.82) is 0 Å². The summed E-state index contributed by atoms with van der Waals surface area (Å²) in [5.74, 6) is 0.914. The Morgan fingerprint density at radius 2 is 1.03 bits per heavy atom. The first-order valence-electron chi connectivity index (χ1n) is 8.83. The van der Waals surface area contributed by atoms with Crippen molar-refractivity contribution in [3.63, 3.8) is 0 Å². The number of hydrogen-bond donors (Lipinski definition) is 0. The zero-order chi connectivity index (χ0) is 22.7. The van der Waals surface area contributed by atoms with Crippen LogP contribution in [0.5, 0.6) is 11.5 Å². The highest BCUT2D eigenvalue weighted by molar-refractivity contribution is 8.33. The molecule has 0 N–H and O–H groups in total. The Hall–Kier alpha value is -2.69. The summed E-state index contributed by atoms with van der Waals surface area (Å²) in [6.45, 7) is 0. The van der Waals surface area contributed by atoms with E-state index >= 15 is 0 Å². The van der Waals surface area contributed by atoms with Gasteiger partial charge in [0.1, 0.15) is 11.5 Å². The molecule has 0 aliphatic heterocycles. The van der Waals surface area contributed by atoms with Crippen LogP contribution >= 0.6 is 10.3 Å². The van der Waals surface area contributed by atoms with Crippen molar-refractivity contribution in [2.75, 3.05) is 14.2 Å². The summed E-state index contributed by atoms with van der Waals surface area (Å²) in [6, 6.07) is 20.1. The van der Waals surface area contributed by atoms with Crippen LogP contribution in [0.1, 0.15) is 0 Å². The molecule has 0 unspecified atom stereocenters. The van der Waals surface area contributed by atoms with Crippen LogP contribution in [0.2, 0.25) is 0 Å². The van der Waals surface area contributed by atoms with Crippen molar-refractivity contribution < 1.29 is 34.7 Å². The molecule has 0 bridgehead atoms. The summed E-state index contributed by atoms with van der Waals surface area (Å²) >= 11 is 0. The molecule has 0 saturated carbocycles. The highest BCUT2D eigenvalue weighted by atomic mass is 32.3. The molecule has 0 atom stereocenters. The van der Waals surface area contributed by atoms with Gasteiger partial charge >= 0.3 is 15.6 Å². The van der Waals surface area contributed by atoms with Gasteiger partial charge < -0.3 is 9.47 Å². The lowest BCUT2D eigenvalue weighted by Crippen LogP contribution is -2.27. The third-order valence-corrected chi connectivity index (χ3v) is 9.24. The third-order valence-electron chi connectivity index (χ3n) is 4.33. The number of halogens is 3. The van der Waals surface area contributed by atoms with Crippen molar-refractivity contribution in [3.05, 3.63) is 78.9 Å². The van der Waals surface area contributed by atoms with Gasteiger partial charge in [-0.1, -0.05) is 18.2 Å². The Morgan fingerprint density at radius 1 is 0.645 bits per heavy atom. The fraction of sp³-hybridized carbons (Fsp3) is 0.143. The number of benzene rings is 3. The van der Waals surface area contributed by atoms with E-state index < -0.39 is 25.9 Å². The molecular formula is C21H19F3O5S2. The molecule has 0 fully saturated rings. The van der Waals surface area contributed by atoms with Crippen LogP contribution in [-0.4, -0.2) is 28.1 Å². The maximum absolute atomic E-state index is 13.4. The van der Waals surface area contributed by atoms with Gasteiger partial charge in [0.15, 0.2) is 0 Å². The van der Waals surface area contributed by atoms with E-state index in [1.54, 1.807) is 18.2 Å². The third kappa shape index (κ3) is 4.51. The van der Waals surface area contributed by atoms with E-state index in [1.165, 1.54) is 74.9 Å². The summed E-state index contributed by atoms with van der Waals surface area (Å²) in [5, 5.41) is 0. The van der Waals surface area contributed by atoms with Gasteiger partial charge in [0.05, 0.1) is 14.2 Å². The maximum atomic E-state index is 13.4. The Balaban J connectivity index is 2.36. The minimum atomic E-state index is -5.96.